The molecule has 0 aliphatic carbocycles. The molecule has 2 N–H and O–H groups in total. The molecule has 3 nitrogen and oxygen atoms in total. The average molecular weight is 218 g/mol. The first-order valence-electron chi connectivity index (χ1n) is 5.83. The third-order valence-electron chi connectivity index (χ3n) is 2.94. The van der Waals surface area contributed by atoms with Crippen molar-refractivity contribution in [2.24, 2.45) is 4.99 Å². The zero-order valence-corrected chi connectivity index (χ0v) is 9.39. The molecule has 1 aromatic rings. The van der Waals surface area contributed by atoms with E-state index in [9.17, 15) is 0 Å². The molecule has 0 bridgehead atoms. The number of benzene rings is 1. The highest BCUT2D eigenvalue weighted by Crippen LogP contribution is 2.24. The van der Waals surface area contributed by atoms with Crippen molar-refractivity contribution in [1.29, 1.82) is 0 Å². The molecule has 3 heteroatoms. The van der Waals surface area contributed by atoms with Gasteiger partial charge in [-0.15, -0.1) is 0 Å². The Labute approximate surface area is 96.2 Å². The summed E-state index contributed by atoms with van der Waals surface area (Å²) >= 11 is 0. The lowest BCUT2D eigenvalue weighted by atomic mass is 9.92. The predicted molar refractivity (Wildman–Crippen MR) is 65.8 cm³/mol. The lowest BCUT2D eigenvalue weighted by molar-refractivity contribution is 0.300. The second-order valence-corrected chi connectivity index (χ2v) is 4.08. The summed E-state index contributed by atoms with van der Waals surface area (Å²) in [5, 5.41) is 11.9. The molecular weight excluding hydrogens is 200 g/mol. The van der Waals surface area contributed by atoms with E-state index in [0.29, 0.717) is 12.5 Å². The third kappa shape index (κ3) is 2.83. The van der Waals surface area contributed by atoms with Crippen LogP contribution in [0.5, 0.6) is 0 Å². The molecule has 0 amide bonds. The Balaban J connectivity index is 1.92. The van der Waals surface area contributed by atoms with Crippen LogP contribution in [0.1, 0.15) is 24.3 Å². The van der Waals surface area contributed by atoms with Gasteiger partial charge in [0.1, 0.15) is 0 Å². The van der Waals surface area contributed by atoms with Crippen LogP contribution in [-0.2, 0) is 0 Å². The highest BCUT2D eigenvalue weighted by atomic mass is 16.3. The highest BCUT2D eigenvalue weighted by Gasteiger charge is 2.16. The zero-order valence-electron chi connectivity index (χ0n) is 9.39. The van der Waals surface area contributed by atoms with E-state index < -0.39 is 0 Å². The van der Waals surface area contributed by atoms with E-state index in [1.165, 1.54) is 5.56 Å². The van der Waals surface area contributed by atoms with E-state index in [4.69, 9.17) is 5.11 Å². The molecule has 0 spiro atoms. The third-order valence-corrected chi connectivity index (χ3v) is 2.94. The quantitative estimate of drug-likeness (QED) is 0.808. The maximum Gasteiger partial charge on any atom is 0.0964 e. The molecule has 1 aromatic carbocycles. The van der Waals surface area contributed by atoms with Gasteiger partial charge in [0.15, 0.2) is 0 Å². The molecular formula is C13H18N2O. The maximum atomic E-state index is 8.71. The Morgan fingerprint density at radius 2 is 2.12 bits per heavy atom. The second kappa shape index (κ2) is 5.66. The number of hydrogen-bond acceptors (Lipinski definition) is 3. The number of aliphatic hydroxyl groups is 1. The summed E-state index contributed by atoms with van der Waals surface area (Å²) in [7, 11) is 0. The molecule has 16 heavy (non-hydrogen) atoms. The van der Waals surface area contributed by atoms with Crippen molar-refractivity contribution in [3.8, 4) is 0 Å². The van der Waals surface area contributed by atoms with Crippen LogP contribution in [0.3, 0.4) is 0 Å². The van der Waals surface area contributed by atoms with Crippen LogP contribution in [0.15, 0.2) is 35.3 Å². The van der Waals surface area contributed by atoms with Crippen LogP contribution in [-0.4, -0.2) is 30.6 Å². The fourth-order valence-corrected chi connectivity index (χ4v) is 2.04. The number of hydrogen-bond donors (Lipinski definition) is 2. The largest absolute Gasteiger partial charge is 0.395 e. The predicted octanol–water partition coefficient (Wildman–Crippen LogP) is 1.54. The van der Waals surface area contributed by atoms with Gasteiger partial charge in [-0.1, -0.05) is 30.3 Å². The summed E-state index contributed by atoms with van der Waals surface area (Å²) in [6, 6.07) is 10.6. The fraction of sp³-hybridized carbons (Fsp3) is 0.462. The smallest absolute Gasteiger partial charge is 0.0964 e. The molecule has 1 aliphatic heterocycles. The van der Waals surface area contributed by atoms with Gasteiger partial charge in [-0.25, -0.2) is 0 Å². The number of nitrogens with zero attached hydrogens (tertiary/aromatic N) is 1. The zero-order chi connectivity index (χ0) is 11.2. The van der Waals surface area contributed by atoms with Gasteiger partial charge in [-0.05, 0) is 12.0 Å². The minimum Gasteiger partial charge on any atom is -0.395 e. The molecule has 1 unspecified atom stereocenters. The van der Waals surface area contributed by atoms with E-state index in [0.717, 1.165) is 25.2 Å². The topological polar surface area (TPSA) is 44.6 Å². The summed E-state index contributed by atoms with van der Waals surface area (Å²) in [5.74, 6) is 1.60. The van der Waals surface area contributed by atoms with Gasteiger partial charge >= 0.3 is 0 Å². The lowest BCUT2D eigenvalue weighted by Gasteiger charge is -2.22. The molecule has 0 saturated heterocycles. The van der Waals surface area contributed by atoms with Gasteiger partial charge < -0.3 is 10.4 Å². The SMILES string of the molecule is OCCNC1=NCC(c2ccccc2)CC1. The van der Waals surface area contributed by atoms with Gasteiger partial charge in [0.05, 0.1) is 12.4 Å². The van der Waals surface area contributed by atoms with Gasteiger partial charge in [0, 0.05) is 25.4 Å². The van der Waals surface area contributed by atoms with Crippen LogP contribution < -0.4 is 5.32 Å². The van der Waals surface area contributed by atoms with Crippen molar-refractivity contribution in [3.63, 3.8) is 0 Å². The molecule has 2 rings (SSSR count). The minimum atomic E-state index is 0.168. The van der Waals surface area contributed by atoms with Crippen molar-refractivity contribution < 1.29 is 5.11 Å². The standard InChI is InChI=1S/C13H18N2O/c16-9-8-14-13-7-6-12(10-15-13)11-4-2-1-3-5-11/h1-5,12,16H,6-10H2,(H,14,15). The van der Waals surface area contributed by atoms with Crippen molar-refractivity contribution in [2.45, 2.75) is 18.8 Å². The number of nitrogens with one attached hydrogen (secondary N) is 1. The monoisotopic (exact) mass is 218 g/mol. The Hall–Kier alpha value is -1.35. The van der Waals surface area contributed by atoms with E-state index in [1.54, 1.807) is 0 Å². The molecule has 1 atom stereocenters. The van der Waals surface area contributed by atoms with Gasteiger partial charge in [0.25, 0.3) is 0 Å². The molecule has 0 fully saturated rings. The molecule has 0 saturated carbocycles. The van der Waals surface area contributed by atoms with Crippen molar-refractivity contribution >= 4 is 5.84 Å². The normalized spacial score (nSPS) is 20.3. The number of aliphatic imine (C=N–C) groups is 1. The summed E-state index contributed by atoms with van der Waals surface area (Å²) in [4.78, 5) is 4.52. The molecule has 1 heterocycles. The van der Waals surface area contributed by atoms with Crippen LogP contribution in [0, 0.1) is 0 Å². The van der Waals surface area contributed by atoms with Gasteiger partial charge in [0.2, 0.25) is 0 Å². The summed E-state index contributed by atoms with van der Waals surface area (Å²) in [5.41, 5.74) is 1.38. The van der Waals surface area contributed by atoms with Crippen LogP contribution in [0.4, 0.5) is 0 Å². The average Bonchev–Trinajstić information content (AvgIpc) is 2.38. The maximum absolute atomic E-state index is 8.71. The fourth-order valence-electron chi connectivity index (χ4n) is 2.04. The lowest BCUT2D eigenvalue weighted by Crippen LogP contribution is -2.30. The van der Waals surface area contributed by atoms with Gasteiger partial charge in [-0.2, -0.15) is 0 Å². The highest BCUT2D eigenvalue weighted by molar-refractivity contribution is 5.82. The first-order chi connectivity index (χ1) is 7.90. The molecule has 0 aromatic heterocycles. The summed E-state index contributed by atoms with van der Waals surface area (Å²) < 4.78 is 0. The summed E-state index contributed by atoms with van der Waals surface area (Å²) in [6.45, 7) is 1.63. The van der Waals surface area contributed by atoms with E-state index in [1.807, 2.05) is 6.07 Å². The molecule has 86 valence electrons. The van der Waals surface area contributed by atoms with Crippen molar-refractivity contribution in [2.75, 3.05) is 19.7 Å². The number of amidine groups is 1. The van der Waals surface area contributed by atoms with E-state index in [2.05, 4.69) is 34.6 Å². The van der Waals surface area contributed by atoms with Gasteiger partial charge in [-0.3, -0.25) is 4.99 Å². The molecule has 0 radical (unpaired) electrons. The van der Waals surface area contributed by atoms with Crippen LogP contribution in [0.2, 0.25) is 0 Å². The van der Waals surface area contributed by atoms with E-state index in [-0.39, 0.29) is 6.61 Å². The first-order valence-corrected chi connectivity index (χ1v) is 5.83. The Morgan fingerprint density at radius 1 is 1.31 bits per heavy atom. The Kier molecular flexibility index (Phi) is 3.94. The second-order valence-electron chi connectivity index (χ2n) is 4.08. The Bertz CT molecular complexity index is 348. The number of aliphatic hydroxyl groups excluding tert-OH is 1. The van der Waals surface area contributed by atoms with E-state index >= 15 is 0 Å². The first kappa shape index (κ1) is 11.1. The van der Waals surface area contributed by atoms with Crippen molar-refractivity contribution in [3.05, 3.63) is 35.9 Å². The summed E-state index contributed by atoms with van der Waals surface area (Å²) in [6.07, 6.45) is 2.13. The van der Waals surface area contributed by atoms with Crippen molar-refractivity contribution in [1.82, 2.24) is 5.32 Å². The Morgan fingerprint density at radius 3 is 2.75 bits per heavy atom. The minimum absolute atomic E-state index is 0.168. The van der Waals surface area contributed by atoms with Crippen LogP contribution in [0.25, 0.3) is 0 Å². The molecule has 1 aliphatic rings. The van der Waals surface area contributed by atoms with Crippen LogP contribution >= 0.6 is 0 Å². The number of rotatable bonds is 3.